The van der Waals surface area contributed by atoms with Crippen LogP contribution in [0.2, 0.25) is 0 Å². The summed E-state index contributed by atoms with van der Waals surface area (Å²) < 4.78 is 38.5. The predicted octanol–water partition coefficient (Wildman–Crippen LogP) is 21.7. The molecule has 0 saturated carbocycles. The summed E-state index contributed by atoms with van der Waals surface area (Å²) in [6, 6.07) is 16.9. The van der Waals surface area contributed by atoms with E-state index in [9.17, 15) is 9.90 Å². The molecule has 0 heterocycles. The van der Waals surface area contributed by atoms with E-state index in [4.69, 9.17) is 28.4 Å². The zero-order valence-corrected chi connectivity index (χ0v) is 50.0. The molecule has 1 N–H and O–H groups in total. The van der Waals surface area contributed by atoms with E-state index in [1.165, 1.54) is 218 Å². The smallest absolute Gasteiger partial charge is 0.335 e. The van der Waals surface area contributed by atoms with Gasteiger partial charge in [-0.15, -0.1) is 0 Å². The molecule has 438 valence electrons. The van der Waals surface area contributed by atoms with E-state index < -0.39 is 5.97 Å². The van der Waals surface area contributed by atoms with Crippen LogP contribution in [0, 0.1) is 0 Å². The van der Waals surface area contributed by atoms with Gasteiger partial charge in [0.25, 0.3) is 0 Å². The molecule has 3 rings (SSSR count). The van der Waals surface area contributed by atoms with E-state index in [1.54, 1.807) is 18.2 Å². The van der Waals surface area contributed by atoms with Crippen LogP contribution in [0.1, 0.15) is 306 Å². The molecule has 0 saturated heterocycles. The van der Waals surface area contributed by atoms with Gasteiger partial charge in [-0.3, -0.25) is 0 Å². The number of rotatable bonds is 55. The van der Waals surface area contributed by atoms with Gasteiger partial charge in [0, 0.05) is 0 Å². The zero-order chi connectivity index (χ0) is 54.9. The van der Waals surface area contributed by atoms with E-state index in [2.05, 4.69) is 27.7 Å². The van der Waals surface area contributed by atoms with Gasteiger partial charge in [-0.2, -0.15) is 0 Å². The molecule has 0 bridgehead atoms. The summed E-state index contributed by atoms with van der Waals surface area (Å²) in [5.41, 5.74) is 1.97. The van der Waals surface area contributed by atoms with Gasteiger partial charge in [-0.05, 0) is 79.3 Å². The third-order valence-corrected chi connectivity index (χ3v) is 15.0. The Bertz CT molecular complexity index is 1840. The summed E-state index contributed by atoms with van der Waals surface area (Å²) in [4.78, 5) is 12.2. The average Bonchev–Trinajstić information content (AvgIpc) is 3.44. The van der Waals surface area contributed by atoms with Gasteiger partial charge in [0.15, 0.2) is 34.5 Å². The maximum absolute atomic E-state index is 12.2. The zero-order valence-electron chi connectivity index (χ0n) is 50.0. The van der Waals surface area contributed by atoms with Crippen molar-refractivity contribution in [1.82, 2.24) is 0 Å². The monoisotopic (exact) mass is 1070 g/mol. The van der Waals surface area contributed by atoms with Gasteiger partial charge in [0.05, 0.1) is 32.0 Å². The lowest BCUT2D eigenvalue weighted by atomic mass is 10.1. The predicted molar refractivity (Wildman–Crippen MR) is 324 cm³/mol. The van der Waals surface area contributed by atoms with Crippen molar-refractivity contribution in [2.75, 3.05) is 26.4 Å². The van der Waals surface area contributed by atoms with Gasteiger partial charge >= 0.3 is 5.97 Å². The molecule has 8 heteroatoms. The van der Waals surface area contributed by atoms with Gasteiger partial charge < -0.3 is 33.5 Å². The maximum atomic E-state index is 12.2. The van der Waals surface area contributed by atoms with E-state index in [0.717, 1.165) is 72.6 Å². The molecule has 0 unspecified atom stereocenters. The van der Waals surface area contributed by atoms with Crippen LogP contribution in [0.4, 0.5) is 0 Å². The number of unbranched alkanes of at least 4 members (excludes halogenated alkanes) is 36. The van der Waals surface area contributed by atoms with E-state index >= 15 is 0 Å². The first-order valence-electron chi connectivity index (χ1n) is 32.4. The van der Waals surface area contributed by atoms with Crippen LogP contribution in [-0.2, 0) is 13.2 Å². The fourth-order valence-corrected chi connectivity index (χ4v) is 10.0. The summed E-state index contributed by atoms with van der Waals surface area (Å²) in [5.74, 6) is 2.82. The first kappa shape index (κ1) is 67.2. The number of hydrogen-bond acceptors (Lipinski definition) is 7. The van der Waals surface area contributed by atoms with E-state index in [-0.39, 0.29) is 18.8 Å². The Morgan fingerprint density at radius 2 is 0.519 bits per heavy atom. The highest BCUT2D eigenvalue weighted by atomic mass is 16.5. The molecule has 77 heavy (non-hydrogen) atoms. The van der Waals surface area contributed by atoms with E-state index in [1.807, 2.05) is 36.4 Å². The molecular formula is C69H114O8. The van der Waals surface area contributed by atoms with Crippen LogP contribution >= 0.6 is 0 Å². The molecule has 0 aromatic heterocycles. The molecule has 0 aliphatic carbocycles. The number of benzene rings is 3. The minimum atomic E-state index is -1.02. The summed E-state index contributed by atoms with van der Waals surface area (Å²) in [5, 5.41) is 9.98. The Labute approximate surface area is 472 Å². The van der Waals surface area contributed by atoms with E-state index in [0.29, 0.717) is 37.9 Å². The third-order valence-electron chi connectivity index (χ3n) is 15.0. The number of carboxylic acid groups (broad SMARTS) is 1. The summed E-state index contributed by atoms with van der Waals surface area (Å²) in [7, 11) is 0. The molecular weight excluding hydrogens is 957 g/mol. The molecule has 3 aromatic carbocycles. The van der Waals surface area contributed by atoms with Crippen LogP contribution < -0.4 is 28.4 Å². The van der Waals surface area contributed by atoms with Crippen molar-refractivity contribution < 1.29 is 38.3 Å². The lowest BCUT2D eigenvalue weighted by molar-refractivity contribution is 0.0696. The van der Waals surface area contributed by atoms with Crippen LogP contribution in [0.5, 0.6) is 34.5 Å². The van der Waals surface area contributed by atoms with Crippen LogP contribution in [0.3, 0.4) is 0 Å². The van der Waals surface area contributed by atoms with Crippen molar-refractivity contribution in [2.24, 2.45) is 0 Å². The fourth-order valence-electron chi connectivity index (χ4n) is 10.0. The van der Waals surface area contributed by atoms with Crippen molar-refractivity contribution in [3.63, 3.8) is 0 Å². The van der Waals surface area contributed by atoms with Crippen molar-refractivity contribution >= 4 is 5.97 Å². The first-order valence-corrected chi connectivity index (χ1v) is 32.4. The topological polar surface area (TPSA) is 92.7 Å². The molecule has 0 aliphatic rings. The number of carbonyl (C=O) groups is 1. The SMILES string of the molecule is CCCCCCCCCCCCOc1ccc(COc2ccc(C(=O)O)cc2OCc2ccc(OCCCCCCCCCCCC)c(OCCCCCCCCCCCC)c2)cc1OCCCCCCCCCCCC. The average molecular weight is 1070 g/mol. The normalized spacial score (nSPS) is 11.3. The molecule has 3 aromatic rings. The highest BCUT2D eigenvalue weighted by Crippen LogP contribution is 2.35. The standard InChI is InChI=1S/C69H114O8/c1-5-9-13-17-21-25-29-33-37-41-51-72-63-48-45-60(55-66(63)74-53-43-39-35-31-27-23-19-15-11-7-3)58-76-65-50-47-62(69(70)71)57-68(65)77-59-61-46-49-64(73-52-42-38-34-30-26-22-18-14-10-6-2)67(56-61)75-54-44-40-36-32-28-24-20-16-12-8-4/h45-50,55-57H,5-44,51-54,58-59H2,1-4H3,(H,70,71). The van der Waals surface area contributed by atoms with Gasteiger partial charge in [-0.25, -0.2) is 4.79 Å². The van der Waals surface area contributed by atoms with Crippen molar-refractivity contribution in [1.29, 1.82) is 0 Å². The maximum Gasteiger partial charge on any atom is 0.335 e. The minimum absolute atomic E-state index is 0.134. The lowest BCUT2D eigenvalue weighted by Crippen LogP contribution is -2.06. The van der Waals surface area contributed by atoms with Gasteiger partial charge in [-0.1, -0.05) is 271 Å². The lowest BCUT2D eigenvalue weighted by Gasteiger charge is -2.17. The molecule has 8 nitrogen and oxygen atoms in total. The molecule has 0 atom stereocenters. The molecule has 0 amide bonds. The number of ether oxygens (including phenoxy) is 6. The Kier molecular flexibility index (Phi) is 41.8. The second kappa shape index (κ2) is 47.9. The number of aromatic carboxylic acids is 1. The molecule has 0 aliphatic heterocycles. The molecule has 0 radical (unpaired) electrons. The minimum Gasteiger partial charge on any atom is -0.490 e. The van der Waals surface area contributed by atoms with Crippen LogP contribution in [0.15, 0.2) is 54.6 Å². The Balaban J connectivity index is 1.64. The third kappa shape index (κ3) is 34.5. The number of hydrogen-bond donors (Lipinski definition) is 1. The summed E-state index contributed by atoms with van der Waals surface area (Å²) >= 11 is 0. The van der Waals surface area contributed by atoms with Crippen LogP contribution in [0.25, 0.3) is 0 Å². The Hall–Kier alpha value is -4.07. The first-order chi connectivity index (χ1) is 38.0. The molecule has 0 fully saturated rings. The van der Waals surface area contributed by atoms with Crippen molar-refractivity contribution in [3.8, 4) is 34.5 Å². The van der Waals surface area contributed by atoms with Crippen molar-refractivity contribution in [3.05, 3.63) is 71.3 Å². The molecule has 0 spiro atoms. The Morgan fingerprint density at radius 1 is 0.286 bits per heavy atom. The van der Waals surface area contributed by atoms with Crippen LogP contribution in [-0.4, -0.2) is 37.5 Å². The number of carboxylic acids is 1. The Morgan fingerprint density at radius 3 is 0.818 bits per heavy atom. The van der Waals surface area contributed by atoms with Gasteiger partial charge in [0.1, 0.15) is 13.2 Å². The summed E-state index contributed by atoms with van der Waals surface area (Å²) in [6.45, 7) is 12.1. The quantitative estimate of drug-likeness (QED) is 0.0559. The second-order valence-corrected chi connectivity index (χ2v) is 22.2. The van der Waals surface area contributed by atoms with Crippen molar-refractivity contribution in [2.45, 2.75) is 298 Å². The highest BCUT2D eigenvalue weighted by molar-refractivity contribution is 5.88. The fraction of sp³-hybridized carbons (Fsp3) is 0.725. The largest absolute Gasteiger partial charge is 0.490 e. The van der Waals surface area contributed by atoms with Gasteiger partial charge in [0.2, 0.25) is 0 Å². The second-order valence-electron chi connectivity index (χ2n) is 22.2. The highest BCUT2D eigenvalue weighted by Gasteiger charge is 2.15. The summed E-state index contributed by atoms with van der Waals surface area (Å²) in [6.07, 6.45) is 51.1.